The minimum atomic E-state index is -3.81. The van der Waals surface area contributed by atoms with Gasteiger partial charge in [0.05, 0.1) is 53.9 Å². The van der Waals surface area contributed by atoms with E-state index in [9.17, 15) is 18.3 Å². The van der Waals surface area contributed by atoms with Gasteiger partial charge < -0.3 is 9.90 Å². The molecule has 0 saturated carbocycles. The summed E-state index contributed by atoms with van der Waals surface area (Å²) in [7, 11) is -3.81. The number of hydrogen-bond acceptors (Lipinski definition) is 6. The molecule has 3 aromatic carbocycles. The minimum Gasteiger partial charge on any atom is -0.549 e. The maximum absolute atomic E-state index is 11.7. The van der Waals surface area contributed by atoms with E-state index in [1.807, 2.05) is 12.1 Å². The van der Waals surface area contributed by atoms with Crippen LogP contribution in [0.25, 0.3) is 10.8 Å². The summed E-state index contributed by atoms with van der Waals surface area (Å²) >= 11 is 0. The van der Waals surface area contributed by atoms with Gasteiger partial charge in [0, 0.05) is 12.8 Å². The van der Waals surface area contributed by atoms with E-state index in [2.05, 4.69) is 44.9 Å². The molecule has 0 atom stereocenters. The number of carboxylic acid groups (broad SMARTS) is 1. The number of fused-ring (bicyclic) bond motifs is 1. The molecule has 0 spiro atoms. The van der Waals surface area contributed by atoms with Crippen molar-refractivity contribution in [2.75, 3.05) is 31.9 Å². The Morgan fingerprint density at radius 2 is 1.34 bits per heavy atom. The molecule has 0 radical (unpaired) electrons. The highest BCUT2D eigenvalue weighted by molar-refractivity contribution is 7.92. The summed E-state index contributed by atoms with van der Waals surface area (Å²) in [5.74, 6) is -0.284. The first-order valence-corrected chi connectivity index (χ1v) is 13.3. The Kier molecular flexibility index (Phi) is 7.77. The fraction of sp³-hybridized carbons (Fsp3) is 0.269. The van der Waals surface area contributed by atoms with Crippen molar-refractivity contribution in [3.63, 3.8) is 0 Å². The Labute approximate surface area is 204 Å². The van der Waals surface area contributed by atoms with Crippen molar-refractivity contribution >= 4 is 38.3 Å². The van der Waals surface area contributed by atoms with Crippen LogP contribution >= 0.6 is 0 Å². The molecule has 5 rings (SSSR count). The SMILES string of the molecule is O=C([O-])CS(=O)(=O)c1ccc2ccccc2c1.c1cc(C2=[NH+]CCCN2)ccc1C1=[NH+]CCCN1. The third-order valence-corrected chi connectivity index (χ3v) is 7.35. The number of nitrogens with one attached hydrogen (secondary N) is 4. The number of amidine groups is 2. The molecule has 35 heavy (non-hydrogen) atoms. The van der Waals surface area contributed by atoms with Gasteiger partial charge in [-0.2, -0.15) is 0 Å². The maximum Gasteiger partial charge on any atom is 0.274 e. The average molecular weight is 494 g/mol. The second kappa shape index (κ2) is 11.1. The van der Waals surface area contributed by atoms with E-state index in [0.717, 1.165) is 48.6 Å². The predicted octanol–water partition coefficient (Wildman–Crippen LogP) is -2.31. The monoisotopic (exact) mass is 493 g/mol. The Morgan fingerprint density at radius 3 is 1.83 bits per heavy atom. The van der Waals surface area contributed by atoms with Gasteiger partial charge >= 0.3 is 0 Å². The summed E-state index contributed by atoms with van der Waals surface area (Å²) in [6.45, 7) is 4.24. The standard InChI is InChI=1S/C14H18N4.C12H10O4S/c1-7-15-13(16-8-1)11-3-5-12(6-4-11)14-17-9-2-10-18-14;13-12(14)8-17(15,16)11-6-5-9-3-1-2-4-10(9)7-11/h3-6H,1-2,7-10H2,(H,15,16)(H,17,18);1-7H,8H2,(H,13,14)/p+1. The number of rotatable bonds is 5. The number of benzene rings is 3. The minimum absolute atomic E-state index is 0.000370. The molecule has 0 saturated heterocycles. The fourth-order valence-corrected chi connectivity index (χ4v) is 5.03. The highest BCUT2D eigenvalue weighted by atomic mass is 32.2. The average Bonchev–Trinajstić information content (AvgIpc) is 2.89. The van der Waals surface area contributed by atoms with Crippen LogP contribution in [0, 0.1) is 0 Å². The van der Waals surface area contributed by atoms with Crippen LogP contribution in [0.15, 0.2) is 71.6 Å². The summed E-state index contributed by atoms with van der Waals surface area (Å²) in [5.41, 5.74) is 2.46. The van der Waals surface area contributed by atoms with Crippen LogP contribution in [-0.4, -0.2) is 58.0 Å². The van der Waals surface area contributed by atoms with E-state index < -0.39 is 21.6 Å². The summed E-state index contributed by atoms with van der Waals surface area (Å²) < 4.78 is 23.3. The second-order valence-corrected chi connectivity index (χ2v) is 10.4. The smallest absolute Gasteiger partial charge is 0.274 e. The lowest BCUT2D eigenvalue weighted by Gasteiger charge is -2.10. The van der Waals surface area contributed by atoms with Gasteiger partial charge in [-0.05, 0) is 47.2 Å². The van der Waals surface area contributed by atoms with E-state index in [4.69, 9.17) is 0 Å². The van der Waals surface area contributed by atoms with Crippen LogP contribution in [0.1, 0.15) is 24.0 Å². The Balaban J connectivity index is 0.000000165. The van der Waals surface area contributed by atoms with Gasteiger partial charge in [-0.1, -0.05) is 30.3 Å². The van der Waals surface area contributed by atoms with Crippen LogP contribution in [0.5, 0.6) is 0 Å². The number of sulfone groups is 1. The third kappa shape index (κ3) is 6.45. The summed E-state index contributed by atoms with van der Waals surface area (Å²) in [5, 5.41) is 18.8. The van der Waals surface area contributed by atoms with Crippen molar-refractivity contribution in [1.29, 1.82) is 0 Å². The van der Waals surface area contributed by atoms with Gasteiger partial charge in [-0.3, -0.25) is 20.6 Å². The predicted molar refractivity (Wildman–Crippen MR) is 133 cm³/mol. The van der Waals surface area contributed by atoms with E-state index in [1.54, 1.807) is 18.2 Å². The van der Waals surface area contributed by atoms with Gasteiger partial charge in [-0.15, -0.1) is 0 Å². The van der Waals surface area contributed by atoms with E-state index in [-0.39, 0.29) is 4.90 Å². The first kappa shape index (κ1) is 24.4. The van der Waals surface area contributed by atoms with E-state index in [1.165, 1.54) is 36.1 Å². The number of carboxylic acids is 1. The third-order valence-electron chi connectivity index (χ3n) is 5.76. The van der Waals surface area contributed by atoms with Crippen LogP contribution in [-0.2, 0) is 14.6 Å². The lowest BCUT2D eigenvalue weighted by atomic mass is 10.1. The fourth-order valence-electron chi connectivity index (χ4n) is 3.97. The summed E-state index contributed by atoms with van der Waals surface area (Å²) in [4.78, 5) is 17.2. The molecular formula is C26H29N4O4S+. The molecule has 0 aliphatic carbocycles. The number of carbonyl (C=O) groups is 1. The van der Waals surface area contributed by atoms with Crippen molar-refractivity contribution in [3.8, 4) is 0 Å². The molecule has 2 aliphatic rings. The number of hydrogen-bond donors (Lipinski definition) is 4. The molecule has 0 amide bonds. The highest BCUT2D eigenvalue weighted by Crippen LogP contribution is 2.19. The number of aliphatic carboxylic acids is 1. The molecule has 4 N–H and O–H groups in total. The second-order valence-electron chi connectivity index (χ2n) is 8.38. The van der Waals surface area contributed by atoms with Crippen molar-refractivity contribution < 1.29 is 28.3 Å². The summed E-state index contributed by atoms with van der Waals surface area (Å²) in [6.07, 6.45) is 2.38. The van der Waals surface area contributed by atoms with Crippen LogP contribution < -0.4 is 25.7 Å². The first-order valence-electron chi connectivity index (χ1n) is 11.6. The lowest BCUT2D eigenvalue weighted by molar-refractivity contribution is -0.464. The van der Waals surface area contributed by atoms with E-state index in [0.29, 0.717) is 0 Å². The molecule has 2 aliphatic heterocycles. The molecule has 0 aromatic heterocycles. The maximum atomic E-state index is 11.7. The van der Waals surface area contributed by atoms with Crippen LogP contribution in [0.3, 0.4) is 0 Å². The molecule has 3 aromatic rings. The Bertz CT molecular complexity index is 1320. The molecule has 2 heterocycles. The first-order chi connectivity index (χ1) is 16.9. The topological polar surface area (TPSA) is 126 Å². The molecule has 0 unspecified atom stereocenters. The zero-order chi connectivity index (χ0) is 24.7. The largest absolute Gasteiger partial charge is 0.549 e. The Morgan fingerprint density at radius 1 is 0.800 bits per heavy atom. The van der Waals surface area contributed by atoms with Gasteiger partial charge in [-0.25, -0.2) is 8.42 Å². The van der Waals surface area contributed by atoms with Gasteiger partial charge in [0.2, 0.25) is 0 Å². The van der Waals surface area contributed by atoms with Crippen molar-refractivity contribution in [2.24, 2.45) is 0 Å². The molecule has 182 valence electrons. The molecule has 0 fully saturated rings. The number of carbonyl (C=O) groups excluding carboxylic acids is 1. The van der Waals surface area contributed by atoms with Gasteiger partial charge in [0.25, 0.3) is 11.7 Å². The molecular weight excluding hydrogens is 464 g/mol. The quantitative estimate of drug-likeness (QED) is 0.317. The zero-order valence-electron chi connectivity index (χ0n) is 19.3. The Hall–Kier alpha value is -3.72. The van der Waals surface area contributed by atoms with Crippen molar-refractivity contribution in [3.05, 3.63) is 77.9 Å². The van der Waals surface area contributed by atoms with Crippen LogP contribution in [0.4, 0.5) is 0 Å². The molecule has 8 nitrogen and oxygen atoms in total. The van der Waals surface area contributed by atoms with Crippen LogP contribution in [0.2, 0.25) is 0 Å². The normalized spacial score (nSPS) is 15.5. The van der Waals surface area contributed by atoms with Gasteiger partial charge in [0.1, 0.15) is 0 Å². The van der Waals surface area contributed by atoms with Crippen molar-refractivity contribution in [2.45, 2.75) is 17.7 Å². The zero-order valence-corrected chi connectivity index (χ0v) is 20.2. The van der Waals surface area contributed by atoms with E-state index >= 15 is 0 Å². The van der Waals surface area contributed by atoms with Crippen molar-refractivity contribution in [1.82, 2.24) is 10.6 Å². The molecule has 0 bridgehead atoms. The summed E-state index contributed by atoms with van der Waals surface area (Å²) in [6, 6.07) is 20.4. The highest BCUT2D eigenvalue weighted by Gasteiger charge is 2.17. The molecule has 9 heteroatoms. The van der Waals surface area contributed by atoms with Gasteiger partial charge in [0.15, 0.2) is 9.84 Å². The lowest BCUT2D eigenvalue weighted by Crippen LogP contribution is -2.79.